The van der Waals surface area contributed by atoms with Crippen molar-refractivity contribution in [3.05, 3.63) is 60.6 Å². The Balaban J connectivity index is 1.90. The van der Waals surface area contributed by atoms with Crippen molar-refractivity contribution in [3.8, 4) is 0 Å². The number of rotatable bonds is 6. The van der Waals surface area contributed by atoms with E-state index in [1.54, 1.807) is 22.3 Å². The Morgan fingerprint density at radius 3 is 2.75 bits per heavy atom. The molecule has 0 radical (unpaired) electrons. The van der Waals surface area contributed by atoms with Crippen LogP contribution in [0.25, 0.3) is 11.0 Å². The molecule has 1 aliphatic carbocycles. The molecule has 1 fully saturated rings. The number of pyridine rings is 1. The summed E-state index contributed by atoms with van der Waals surface area (Å²) in [5.74, 6) is 0.0834. The van der Waals surface area contributed by atoms with E-state index >= 15 is 0 Å². The highest BCUT2D eigenvalue weighted by molar-refractivity contribution is 7.09. The van der Waals surface area contributed by atoms with E-state index in [1.165, 1.54) is 4.57 Å². The first kappa shape index (κ1) is 18.6. The lowest BCUT2D eigenvalue weighted by Gasteiger charge is -2.21. The van der Waals surface area contributed by atoms with E-state index in [-0.39, 0.29) is 11.3 Å². The molecule has 0 aliphatic heterocycles. The molecule has 146 valence electrons. The molecule has 0 saturated heterocycles. The number of aromatic nitrogens is 3. The van der Waals surface area contributed by atoms with Crippen LogP contribution in [0, 0.1) is 0 Å². The number of nitrogens with one attached hydrogen (secondary N) is 1. The monoisotopic (exact) mass is 398 g/mol. The van der Waals surface area contributed by atoms with Crippen LogP contribution in [0.4, 0.5) is 0 Å². The molecule has 0 atom stereocenters. The number of thiophene rings is 1. The number of amides is 1. The summed E-state index contributed by atoms with van der Waals surface area (Å²) in [6.45, 7) is 5.11. The zero-order valence-electron chi connectivity index (χ0n) is 15.9. The number of carbonyl (C=O) groups excluding carboxylic acids is 1. The zero-order chi connectivity index (χ0) is 19.8. The maximum Gasteiger partial charge on any atom is 0.329 e. The molecule has 3 aromatic heterocycles. The van der Waals surface area contributed by atoms with Gasteiger partial charge < -0.3 is 4.90 Å². The van der Waals surface area contributed by atoms with E-state index in [0.717, 1.165) is 23.4 Å². The second-order valence-electron chi connectivity index (χ2n) is 6.97. The second-order valence-corrected chi connectivity index (χ2v) is 8.00. The van der Waals surface area contributed by atoms with Gasteiger partial charge in [-0.3, -0.25) is 19.1 Å². The lowest BCUT2D eigenvalue weighted by Crippen LogP contribution is -2.34. The van der Waals surface area contributed by atoms with Crippen LogP contribution in [0.3, 0.4) is 0 Å². The average Bonchev–Trinajstić information content (AvgIpc) is 3.41. The summed E-state index contributed by atoms with van der Waals surface area (Å²) in [4.78, 5) is 48.0. The Kier molecular flexibility index (Phi) is 4.89. The van der Waals surface area contributed by atoms with Crippen LogP contribution in [0.2, 0.25) is 0 Å². The Hall–Kier alpha value is -2.74. The molecular formula is C20H22N4O3S. The highest BCUT2D eigenvalue weighted by atomic mass is 32.1. The summed E-state index contributed by atoms with van der Waals surface area (Å²) in [5, 5.41) is 2.17. The molecule has 7 nitrogen and oxygen atoms in total. The van der Waals surface area contributed by atoms with Crippen molar-refractivity contribution in [2.75, 3.05) is 6.54 Å². The van der Waals surface area contributed by atoms with Gasteiger partial charge in [0.15, 0.2) is 5.65 Å². The third-order valence-electron chi connectivity index (χ3n) is 5.11. The maximum absolute atomic E-state index is 13.4. The second kappa shape index (κ2) is 7.35. The zero-order valence-corrected chi connectivity index (χ0v) is 16.7. The SMILES string of the molecule is CCN(Cc1cccs1)C(=O)c1cc(C2CC2)nc2c1c(=O)[nH]c(=O)n2CC. The highest BCUT2D eigenvalue weighted by Gasteiger charge is 2.29. The molecule has 3 heterocycles. The number of aromatic amines is 1. The first-order valence-electron chi connectivity index (χ1n) is 9.52. The van der Waals surface area contributed by atoms with Crippen LogP contribution in [0.5, 0.6) is 0 Å². The normalized spacial score (nSPS) is 13.8. The molecule has 1 saturated carbocycles. The van der Waals surface area contributed by atoms with Crippen LogP contribution in [-0.4, -0.2) is 31.9 Å². The summed E-state index contributed by atoms with van der Waals surface area (Å²) in [6, 6.07) is 5.69. The quantitative estimate of drug-likeness (QED) is 0.691. The fraction of sp³-hybridized carbons (Fsp3) is 0.400. The minimum absolute atomic E-state index is 0.195. The predicted octanol–water partition coefficient (Wildman–Crippen LogP) is 2.71. The van der Waals surface area contributed by atoms with Crippen LogP contribution in [0.15, 0.2) is 33.2 Å². The molecular weight excluding hydrogens is 376 g/mol. The van der Waals surface area contributed by atoms with Crippen LogP contribution < -0.4 is 11.2 Å². The van der Waals surface area contributed by atoms with Crippen molar-refractivity contribution in [1.29, 1.82) is 0 Å². The molecule has 8 heteroatoms. The third kappa shape index (κ3) is 3.28. The fourth-order valence-electron chi connectivity index (χ4n) is 3.43. The Labute approximate surface area is 165 Å². The molecule has 1 aliphatic rings. The third-order valence-corrected chi connectivity index (χ3v) is 5.97. The van der Waals surface area contributed by atoms with Crippen LogP contribution >= 0.6 is 11.3 Å². The van der Waals surface area contributed by atoms with Gasteiger partial charge in [-0.15, -0.1) is 11.3 Å². The number of carbonyl (C=O) groups is 1. The minimum atomic E-state index is -0.560. The molecule has 4 rings (SSSR count). The molecule has 0 aromatic carbocycles. The Bertz CT molecular complexity index is 1140. The van der Waals surface area contributed by atoms with Crippen LogP contribution in [-0.2, 0) is 13.1 Å². The van der Waals surface area contributed by atoms with Crippen LogP contribution in [0.1, 0.15) is 53.5 Å². The van der Waals surface area contributed by atoms with Gasteiger partial charge in [0.05, 0.1) is 17.5 Å². The van der Waals surface area contributed by atoms with Gasteiger partial charge in [0.25, 0.3) is 11.5 Å². The first-order valence-corrected chi connectivity index (χ1v) is 10.4. The van der Waals surface area contributed by atoms with Gasteiger partial charge in [-0.05, 0) is 44.2 Å². The number of H-pyrrole nitrogens is 1. The van der Waals surface area contributed by atoms with E-state index < -0.39 is 11.2 Å². The van der Waals surface area contributed by atoms with Crippen molar-refractivity contribution in [2.45, 2.75) is 45.7 Å². The number of hydrogen-bond acceptors (Lipinski definition) is 5. The molecule has 1 N–H and O–H groups in total. The molecule has 28 heavy (non-hydrogen) atoms. The lowest BCUT2D eigenvalue weighted by molar-refractivity contribution is 0.0756. The van der Waals surface area contributed by atoms with Gasteiger partial charge >= 0.3 is 5.69 Å². The summed E-state index contributed by atoms with van der Waals surface area (Å²) in [6.07, 6.45) is 2.02. The largest absolute Gasteiger partial charge is 0.334 e. The Morgan fingerprint density at radius 2 is 2.14 bits per heavy atom. The van der Waals surface area contributed by atoms with E-state index in [2.05, 4.69) is 9.97 Å². The van der Waals surface area contributed by atoms with Crippen molar-refractivity contribution < 1.29 is 4.79 Å². The first-order chi connectivity index (χ1) is 13.5. The van der Waals surface area contributed by atoms with Gasteiger partial charge in [0, 0.05) is 29.6 Å². The molecule has 0 unspecified atom stereocenters. The molecule has 3 aromatic rings. The number of fused-ring (bicyclic) bond motifs is 1. The van der Waals surface area contributed by atoms with Gasteiger partial charge in [0.2, 0.25) is 0 Å². The summed E-state index contributed by atoms with van der Waals surface area (Å²) < 4.78 is 1.43. The lowest BCUT2D eigenvalue weighted by atomic mass is 10.1. The smallest absolute Gasteiger partial charge is 0.329 e. The predicted molar refractivity (Wildman–Crippen MR) is 109 cm³/mol. The summed E-state index contributed by atoms with van der Waals surface area (Å²) in [7, 11) is 0. The fourth-order valence-corrected chi connectivity index (χ4v) is 4.15. The average molecular weight is 398 g/mol. The van der Waals surface area contributed by atoms with E-state index in [0.29, 0.717) is 36.8 Å². The van der Waals surface area contributed by atoms with Crippen molar-refractivity contribution in [2.24, 2.45) is 0 Å². The molecule has 0 spiro atoms. The molecule has 1 amide bonds. The Morgan fingerprint density at radius 1 is 1.36 bits per heavy atom. The maximum atomic E-state index is 13.4. The number of aryl methyl sites for hydroxylation is 1. The minimum Gasteiger partial charge on any atom is -0.334 e. The standard InChI is InChI=1S/C20H22N4O3S/c1-3-23(11-13-6-5-9-28-13)19(26)14-10-15(12-7-8-12)21-17-16(14)18(25)22-20(27)24(17)4-2/h5-6,9-10,12H,3-4,7-8,11H2,1-2H3,(H,22,25,27). The summed E-state index contributed by atoms with van der Waals surface area (Å²) in [5.41, 5.74) is 0.361. The summed E-state index contributed by atoms with van der Waals surface area (Å²) >= 11 is 1.59. The van der Waals surface area contributed by atoms with Gasteiger partial charge in [-0.2, -0.15) is 0 Å². The molecule has 0 bridgehead atoms. The topological polar surface area (TPSA) is 88.1 Å². The van der Waals surface area contributed by atoms with Crippen molar-refractivity contribution in [1.82, 2.24) is 19.4 Å². The van der Waals surface area contributed by atoms with Gasteiger partial charge in [-0.25, -0.2) is 9.78 Å². The van der Waals surface area contributed by atoms with Crippen molar-refractivity contribution in [3.63, 3.8) is 0 Å². The van der Waals surface area contributed by atoms with Gasteiger partial charge in [-0.1, -0.05) is 6.07 Å². The number of nitrogens with zero attached hydrogens (tertiary/aromatic N) is 3. The van der Waals surface area contributed by atoms with E-state index in [1.807, 2.05) is 31.4 Å². The number of hydrogen-bond donors (Lipinski definition) is 1. The van der Waals surface area contributed by atoms with Crippen molar-refractivity contribution >= 4 is 28.3 Å². The van der Waals surface area contributed by atoms with E-state index in [9.17, 15) is 14.4 Å². The highest BCUT2D eigenvalue weighted by Crippen LogP contribution is 2.40. The van der Waals surface area contributed by atoms with Gasteiger partial charge in [0.1, 0.15) is 0 Å². The van der Waals surface area contributed by atoms with E-state index in [4.69, 9.17) is 0 Å².